The molecule has 0 radical (unpaired) electrons. The summed E-state index contributed by atoms with van der Waals surface area (Å²) in [7, 11) is 0. The van der Waals surface area contributed by atoms with Crippen molar-refractivity contribution in [2.24, 2.45) is 0 Å². The third-order valence-corrected chi connectivity index (χ3v) is 6.38. The van der Waals surface area contributed by atoms with E-state index >= 15 is 0 Å². The van der Waals surface area contributed by atoms with Gasteiger partial charge in [0.05, 0.1) is 27.0 Å². The molecule has 0 spiro atoms. The average Bonchev–Trinajstić information content (AvgIpc) is 3.43. The van der Waals surface area contributed by atoms with Gasteiger partial charge < -0.3 is 10.6 Å². The minimum Gasteiger partial charge on any atom is -0.382 e. The third-order valence-electron chi connectivity index (χ3n) is 4.49. The Hall–Kier alpha value is -3.69. The molecule has 0 aliphatic carbocycles. The molecule has 0 aliphatic rings. The van der Waals surface area contributed by atoms with Gasteiger partial charge in [-0.3, -0.25) is 10.3 Å². The first-order chi connectivity index (χ1) is 15.8. The molecule has 12 heteroatoms. The normalized spacial score (nSPS) is 11.2. The van der Waals surface area contributed by atoms with Gasteiger partial charge in [0.25, 0.3) is 0 Å². The smallest absolute Gasteiger partial charge is 0.382 e. The lowest BCUT2D eigenvalue weighted by Gasteiger charge is -2.10. The van der Waals surface area contributed by atoms with Crippen molar-refractivity contribution in [3.05, 3.63) is 64.1 Å². The summed E-state index contributed by atoms with van der Waals surface area (Å²) in [5, 5.41) is 19.7. The second kappa shape index (κ2) is 9.43. The quantitative estimate of drug-likeness (QED) is 0.312. The van der Waals surface area contributed by atoms with Crippen LogP contribution in [0.15, 0.2) is 48.1 Å². The standard InChI is InChI=1S/C21H15F3N6OS2/c22-21(23,24)13-2-1-3-14(8-13)29-19(31)30-20-28-11-15(33-20)4-6-26-17-12(9-25)10-27-16-5-7-32-18(16)17/h1-3,5,7-8,10-11H,4,6H2,(H,26,27)(H2,28,29,30,31). The predicted octanol–water partition coefficient (Wildman–Crippen LogP) is 5.94. The van der Waals surface area contributed by atoms with Gasteiger partial charge in [-0.05, 0) is 29.6 Å². The number of alkyl halides is 3. The summed E-state index contributed by atoms with van der Waals surface area (Å²) >= 11 is 2.75. The van der Waals surface area contributed by atoms with Gasteiger partial charge in [-0.1, -0.05) is 6.07 Å². The molecule has 0 saturated carbocycles. The minimum atomic E-state index is -4.49. The van der Waals surface area contributed by atoms with Gasteiger partial charge in [0.2, 0.25) is 0 Å². The highest BCUT2D eigenvalue weighted by atomic mass is 32.1. The molecule has 33 heavy (non-hydrogen) atoms. The van der Waals surface area contributed by atoms with Crippen LogP contribution in [0.1, 0.15) is 16.0 Å². The first kappa shape index (κ1) is 22.5. The second-order valence-corrected chi connectivity index (χ2v) is 8.79. The van der Waals surface area contributed by atoms with Crippen LogP contribution in [0.25, 0.3) is 10.2 Å². The van der Waals surface area contributed by atoms with Gasteiger partial charge >= 0.3 is 12.2 Å². The van der Waals surface area contributed by atoms with Crippen molar-refractivity contribution in [2.75, 3.05) is 22.5 Å². The highest BCUT2D eigenvalue weighted by Crippen LogP contribution is 2.31. The number of anilines is 3. The number of nitriles is 1. The molecule has 4 aromatic rings. The lowest BCUT2D eigenvalue weighted by Crippen LogP contribution is -2.19. The number of benzene rings is 1. The Morgan fingerprint density at radius 1 is 1.15 bits per heavy atom. The third kappa shape index (κ3) is 5.39. The summed E-state index contributed by atoms with van der Waals surface area (Å²) in [5.74, 6) is 0. The van der Waals surface area contributed by atoms with E-state index in [0.717, 1.165) is 32.9 Å². The van der Waals surface area contributed by atoms with Crippen LogP contribution in [0.2, 0.25) is 0 Å². The summed E-state index contributed by atoms with van der Waals surface area (Å²) in [4.78, 5) is 21.4. The fourth-order valence-electron chi connectivity index (χ4n) is 3.00. The Labute approximate surface area is 193 Å². The molecule has 4 rings (SSSR count). The van der Waals surface area contributed by atoms with Gasteiger partial charge in [0, 0.05) is 35.9 Å². The molecular formula is C21H15F3N6OS2. The van der Waals surface area contributed by atoms with Gasteiger partial charge in [-0.25, -0.2) is 9.78 Å². The van der Waals surface area contributed by atoms with Crippen molar-refractivity contribution in [3.8, 4) is 6.07 Å². The maximum atomic E-state index is 12.8. The van der Waals surface area contributed by atoms with Crippen molar-refractivity contribution >= 4 is 55.4 Å². The van der Waals surface area contributed by atoms with Crippen LogP contribution >= 0.6 is 22.7 Å². The summed E-state index contributed by atoms with van der Waals surface area (Å²) in [6.07, 6.45) is -0.750. The summed E-state index contributed by atoms with van der Waals surface area (Å²) in [5.41, 5.74) is 1.19. The molecule has 3 heterocycles. The number of rotatable bonds is 6. The lowest BCUT2D eigenvalue weighted by molar-refractivity contribution is -0.137. The summed E-state index contributed by atoms with van der Waals surface area (Å²) < 4.78 is 39.3. The van der Waals surface area contributed by atoms with Crippen LogP contribution in [-0.4, -0.2) is 22.5 Å². The zero-order valence-corrected chi connectivity index (χ0v) is 18.4. The fraction of sp³-hybridized carbons (Fsp3) is 0.143. The topological polar surface area (TPSA) is 103 Å². The van der Waals surface area contributed by atoms with Gasteiger partial charge in [0.1, 0.15) is 6.07 Å². The van der Waals surface area contributed by atoms with E-state index in [4.69, 9.17) is 0 Å². The Morgan fingerprint density at radius 3 is 2.79 bits per heavy atom. The van der Waals surface area contributed by atoms with Gasteiger partial charge in [-0.2, -0.15) is 18.4 Å². The molecule has 0 saturated heterocycles. The second-order valence-electron chi connectivity index (χ2n) is 6.76. The number of pyridine rings is 1. The number of carbonyl (C=O) groups excluding carboxylic acids is 1. The number of nitrogens with zero attached hydrogens (tertiary/aromatic N) is 3. The van der Waals surface area contributed by atoms with Crippen molar-refractivity contribution in [1.29, 1.82) is 5.26 Å². The molecule has 168 valence electrons. The zero-order chi connectivity index (χ0) is 23.4. The summed E-state index contributed by atoms with van der Waals surface area (Å²) in [6, 6.07) is 7.71. The van der Waals surface area contributed by atoms with E-state index in [1.165, 1.54) is 41.0 Å². The van der Waals surface area contributed by atoms with E-state index in [0.29, 0.717) is 23.7 Å². The Morgan fingerprint density at radius 2 is 2.00 bits per heavy atom. The average molecular weight is 489 g/mol. The van der Waals surface area contributed by atoms with Crippen molar-refractivity contribution in [3.63, 3.8) is 0 Å². The molecule has 3 aromatic heterocycles. The van der Waals surface area contributed by atoms with E-state index in [-0.39, 0.29) is 5.69 Å². The number of fused-ring (bicyclic) bond motifs is 1. The highest BCUT2D eigenvalue weighted by Gasteiger charge is 2.30. The number of amides is 2. The largest absolute Gasteiger partial charge is 0.416 e. The van der Waals surface area contributed by atoms with Crippen molar-refractivity contribution in [1.82, 2.24) is 9.97 Å². The van der Waals surface area contributed by atoms with Crippen LogP contribution in [0, 0.1) is 11.3 Å². The molecule has 0 unspecified atom stereocenters. The SMILES string of the molecule is N#Cc1cnc2ccsc2c1NCCc1cnc(NC(=O)Nc2cccc(C(F)(F)F)c2)s1. The number of thiazole rings is 1. The maximum Gasteiger partial charge on any atom is 0.416 e. The number of aromatic nitrogens is 2. The summed E-state index contributed by atoms with van der Waals surface area (Å²) in [6.45, 7) is 0.532. The van der Waals surface area contributed by atoms with Crippen molar-refractivity contribution < 1.29 is 18.0 Å². The molecule has 0 bridgehead atoms. The molecular weight excluding hydrogens is 473 g/mol. The Kier molecular flexibility index (Phi) is 6.43. The molecule has 2 amide bonds. The number of halogens is 3. The van der Waals surface area contributed by atoms with Gasteiger partial charge in [0.15, 0.2) is 5.13 Å². The lowest BCUT2D eigenvalue weighted by atomic mass is 10.2. The first-order valence-electron chi connectivity index (χ1n) is 9.53. The molecule has 0 atom stereocenters. The molecule has 7 nitrogen and oxygen atoms in total. The Bertz CT molecular complexity index is 1340. The highest BCUT2D eigenvalue weighted by molar-refractivity contribution is 7.17. The Balaban J connectivity index is 1.33. The van der Waals surface area contributed by atoms with Crippen LogP contribution in [-0.2, 0) is 12.6 Å². The molecule has 3 N–H and O–H groups in total. The van der Waals surface area contributed by atoms with Crippen molar-refractivity contribution in [2.45, 2.75) is 12.6 Å². The van der Waals surface area contributed by atoms with Crippen LogP contribution < -0.4 is 16.0 Å². The number of thiophene rings is 1. The number of hydrogen-bond acceptors (Lipinski definition) is 7. The minimum absolute atomic E-state index is 0.0221. The van der Waals surface area contributed by atoms with E-state index in [1.807, 2.05) is 11.4 Å². The van der Waals surface area contributed by atoms with E-state index < -0.39 is 17.8 Å². The number of urea groups is 1. The predicted molar refractivity (Wildman–Crippen MR) is 123 cm³/mol. The zero-order valence-electron chi connectivity index (χ0n) is 16.7. The number of hydrogen-bond donors (Lipinski definition) is 3. The molecule has 0 fully saturated rings. The molecule has 0 aliphatic heterocycles. The van der Waals surface area contributed by atoms with E-state index in [9.17, 15) is 23.2 Å². The maximum absolute atomic E-state index is 12.8. The van der Waals surface area contributed by atoms with Crippen LogP contribution in [0.4, 0.5) is 34.5 Å². The monoisotopic (exact) mass is 488 g/mol. The fourth-order valence-corrected chi connectivity index (χ4v) is 4.68. The number of nitrogens with one attached hydrogen (secondary N) is 3. The number of carbonyl (C=O) groups is 1. The first-order valence-corrected chi connectivity index (χ1v) is 11.2. The van der Waals surface area contributed by atoms with Crippen LogP contribution in [0.3, 0.4) is 0 Å². The van der Waals surface area contributed by atoms with E-state index in [2.05, 4.69) is 32.0 Å². The van der Waals surface area contributed by atoms with Gasteiger partial charge in [-0.15, -0.1) is 22.7 Å². The molecule has 1 aromatic carbocycles. The van der Waals surface area contributed by atoms with E-state index in [1.54, 1.807) is 6.20 Å². The van der Waals surface area contributed by atoms with Crippen LogP contribution in [0.5, 0.6) is 0 Å².